The van der Waals surface area contributed by atoms with Crippen molar-refractivity contribution in [3.63, 3.8) is 0 Å². The first-order valence-electron chi connectivity index (χ1n) is 26.6. The van der Waals surface area contributed by atoms with E-state index in [0.717, 1.165) is 100 Å². The van der Waals surface area contributed by atoms with Gasteiger partial charge in [0.25, 0.3) is 10.0 Å². The highest BCUT2D eigenvalue weighted by atomic mass is 32.2. The lowest BCUT2D eigenvalue weighted by Gasteiger charge is -2.10. The molecule has 0 fully saturated rings. The summed E-state index contributed by atoms with van der Waals surface area (Å²) in [7, 11) is -3.83. The normalized spacial score (nSPS) is 12.2. The van der Waals surface area contributed by atoms with Gasteiger partial charge in [-0.1, -0.05) is 139 Å². The van der Waals surface area contributed by atoms with E-state index in [1.54, 1.807) is 12.1 Å². The van der Waals surface area contributed by atoms with Crippen LogP contribution in [0.5, 0.6) is 0 Å². The molecule has 0 aliphatic heterocycles. The van der Waals surface area contributed by atoms with Gasteiger partial charge in [-0.15, -0.1) is 0 Å². The zero-order valence-corrected chi connectivity index (χ0v) is 43.9. The van der Waals surface area contributed by atoms with E-state index in [1.165, 1.54) is 31.4 Å². The second kappa shape index (κ2) is 17.5. The van der Waals surface area contributed by atoms with Gasteiger partial charge in [-0.3, -0.25) is 17.9 Å². The molecule has 6 heterocycles. The van der Waals surface area contributed by atoms with Crippen molar-refractivity contribution in [2.75, 3.05) is 0 Å². The lowest BCUT2D eigenvalue weighted by atomic mass is 10.0. The molecule has 0 saturated carbocycles. The fraction of sp³-hybridized carbons (Fsp3) is 0.0145. The fourth-order valence-electron chi connectivity index (χ4n) is 12.0. The van der Waals surface area contributed by atoms with Gasteiger partial charge in [0.1, 0.15) is 0 Å². The average Bonchev–Trinajstić information content (AvgIpc) is 4.52. The minimum atomic E-state index is -3.83. The molecule has 380 valence electrons. The van der Waals surface area contributed by atoms with E-state index >= 15 is 0 Å². The molecule has 0 saturated heterocycles. The summed E-state index contributed by atoms with van der Waals surface area (Å²) in [5.74, 6) is 1.78. The maximum atomic E-state index is 14.0. The summed E-state index contributed by atoms with van der Waals surface area (Å²) < 4.78 is 38.5. The Balaban J connectivity index is 0.000000137. The predicted molar refractivity (Wildman–Crippen MR) is 326 cm³/mol. The summed E-state index contributed by atoms with van der Waals surface area (Å²) in [5, 5.41) is 4.28. The lowest BCUT2D eigenvalue weighted by molar-refractivity contribution is 0.590. The Hall–Kier alpha value is -10.5. The van der Waals surface area contributed by atoms with Crippen LogP contribution in [0.1, 0.15) is 5.56 Å². The number of fused-ring (bicyclic) bond motifs is 16. The van der Waals surface area contributed by atoms with Crippen LogP contribution in [0.15, 0.2) is 260 Å². The summed E-state index contributed by atoms with van der Waals surface area (Å²) in [5.41, 5.74) is 19.7. The number of benzene rings is 11. The highest BCUT2D eigenvalue weighted by molar-refractivity contribution is 7.90. The fourth-order valence-corrected chi connectivity index (χ4v) is 13.6. The van der Waals surface area contributed by atoms with Gasteiger partial charge in [0.05, 0.1) is 60.1 Å². The van der Waals surface area contributed by atoms with Crippen molar-refractivity contribution < 1.29 is 8.42 Å². The summed E-state index contributed by atoms with van der Waals surface area (Å²) in [6.07, 6.45) is 0. The molecule has 0 atom stereocenters. The van der Waals surface area contributed by atoms with Crippen molar-refractivity contribution in [2.45, 2.75) is 11.8 Å². The second-order valence-corrected chi connectivity index (χ2v) is 22.3. The number of nitrogens with one attached hydrogen (secondary N) is 1. The van der Waals surface area contributed by atoms with E-state index in [-0.39, 0.29) is 4.90 Å². The molecule has 0 spiro atoms. The molecule has 17 aromatic rings. The van der Waals surface area contributed by atoms with Gasteiger partial charge in [0.15, 0.2) is 0 Å². The SMILES string of the molecule is Cc1ccc(S(=O)(=O)n2c3ccccc3c3cc(-c4ccc5c(c4)n4c6ccccc6nc4n5-c4ccccc4)ccc32)cc1.c1ccc(-n2c3ccc(-c4ccc5[nH]c6ccccc6c5c4)cc3n3c4ccccc4nc23)cc1. The van der Waals surface area contributed by atoms with Crippen molar-refractivity contribution >= 4 is 109 Å². The van der Waals surface area contributed by atoms with E-state index in [0.29, 0.717) is 11.0 Å². The molecular weight excluding hydrogens is 1000 g/mol. The Bertz CT molecular complexity index is 5450. The van der Waals surface area contributed by atoms with Crippen molar-refractivity contribution in [2.24, 2.45) is 0 Å². The monoisotopic (exact) mass is 1050 g/mol. The maximum Gasteiger partial charge on any atom is 0.268 e. The molecule has 0 unspecified atom stereocenters. The van der Waals surface area contributed by atoms with Gasteiger partial charge in [0.2, 0.25) is 11.6 Å². The second-order valence-electron chi connectivity index (χ2n) is 20.5. The minimum absolute atomic E-state index is 0.268. The van der Waals surface area contributed by atoms with Crippen LogP contribution in [0.4, 0.5) is 0 Å². The van der Waals surface area contributed by atoms with Crippen LogP contribution in [0, 0.1) is 6.92 Å². The molecular formula is C69H46N8O2S. The van der Waals surface area contributed by atoms with Crippen LogP contribution in [0.25, 0.3) is 133 Å². The van der Waals surface area contributed by atoms with Crippen LogP contribution in [0.3, 0.4) is 0 Å². The summed E-state index contributed by atoms with van der Waals surface area (Å²) in [6, 6.07) is 86.5. The minimum Gasteiger partial charge on any atom is -0.355 e. The molecule has 0 aliphatic carbocycles. The number of hydrogen-bond donors (Lipinski definition) is 1. The number of imidazole rings is 4. The summed E-state index contributed by atoms with van der Waals surface area (Å²) in [4.78, 5) is 13.9. The number of aromatic amines is 1. The van der Waals surface area contributed by atoms with Crippen LogP contribution in [-0.2, 0) is 10.0 Å². The number of aromatic nitrogens is 8. The first-order valence-corrected chi connectivity index (χ1v) is 28.1. The molecule has 11 aromatic carbocycles. The largest absolute Gasteiger partial charge is 0.355 e. The van der Waals surface area contributed by atoms with Crippen molar-refractivity contribution in [3.8, 4) is 33.6 Å². The highest BCUT2D eigenvalue weighted by Gasteiger charge is 2.25. The van der Waals surface area contributed by atoms with Gasteiger partial charge >= 0.3 is 0 Å². The Morgan fingerprint density at radius 1 is 0.350 bits per heavy atom. The van der Waals surface area contributed by atoms with E-state index < -0.39 is 10.0 Å². The van der Waals surface area contributed by atoms with Gasteiger partial charge in [-0.2, -0.15) is 0 Å². The van der Waals surface area contributed by atoms with Gasteiger partial charge in [-0.05, 0) is 151 Å². The van der Waals surface area contributed by atoms with Crippen LogP contribution in [-0.4, -0.2) is 45.3 Å². The average molecular weight is 1050 g/mol. The van der Waals surface area contributed by atoms with Crippen LogP contribution >= 0.6 is 0 Å². The van der Waals surface area contributed by atoms with Crippen molar-refractivity contribution in [3.05, 3.63) is 260 Å². The van der Waals surface area contributed by atoms with E-state index in [1.807, 2.05) is 104 Å². The first kappa shape index (κ1) is 45.7. The Morgan fingerprint density at radius 3 is 1.38 bits per heavy atom. The highest BCUT2D eigenvalue weighted by Crippen LogP contribution is 2.39. The Morgan fingerprint density at radius 2 is 0.787 bits per heavy atom. The molecule has 10 nitrogen and oxygen atoms in total. The molecule has 11 heteroatoms. The third kappa shape index (κ3) is 6.94. The summed E-state index contributed by atoms with van der Waals surface area (Å²) >= 11 is 0. The zero-order chi connectivity index (χ0) is 53.2. The molecule has 0 bridgehead atoms. The molecule has 17 rings (SSSR count). The zero-order valence-electron chi connectivity index (χ0n) is 43.1. The van der Waals surface area contributed by atoms with Crippen LogP contribution < -0.4 is 0 Å². The first-order chi connectivity index (χ1) is 39.3. The smallest absolute Gasteiger partial charge is 0.268 e. The topological polar surface area (TPSA) is 99.3 Å². The molecule has 1 N–H and O–H groups in total. The van der Waals surface area contributed by atoms with Gasteiger partial charge in [0, 0.05) is 44.0 Å². The molecule has 0 amide bonds. The maximum absolute atomic E-state index is 14.0. The number of para-hydroxylation sites is 8. The molecule has 0 aliphatic rings. The third-order valence-corrected chi connectivity index (χ3v) is 17.5. The quantitative estimate of drug-likeness (QED) is 0.179. The predicted octanol–water partition coefficient (Wildman–Crippen LogP) is 16.5. The number of H-pyrrole nitrogens is 1. The van der Waals surface area contributed by atoms with Crippen molar-refractivity contribution in [1.82, 2.24) is 36.9 Å². The number of rotatable bonds is 6. The van der Waals surface area contributed by atoms with Gasteiger partial charge < -0.3 is 4.98 Å². The number of hydrogen-bond acceptors (Lipinski definition) is 4. The Kier molecular flexibility index (Phi) is 10.0. The molecule has 0 radical (unpaired) electrons. The standard InChI is InChI=1S/C38H26N4O2S.C31H20N4/c1-25-15-19-29(20-16-25)45(43,44)42-33-13-7-5-11-30(33)31-23-26(17-21-34(31)42)27-18-22-36-37(24-27)41-35-14-8-6-12-32(35)39-38(41)40(36)28-9-3-2-4-10-28;1-2-8-22(9-3-1)34-29-17-15-21(19-30(29)35-28-13-7-6-12-27(28)33-31(34)35)20-14-16-26-24(18-20)23-10-4-5-11-25(23)32-26/h2-24H,1H3;1-19,32H. The lowest BCUT2D eigenvalue weighted by Crippen LogP contribution is -2.12. The molecule has 6 aromatic heterocycles. The number of aryl methyl sites for hydroxylation is 1. The summed E-state index contributed by atoms with van der Waals surface area (Å²) in [6.45, 7) is 1.95. The van der Waals surface area contributed by atoms with Crippen LogP contribution in [0.2, 0.25) is 0 Å². The van der Waals surface area contributed by atoms with E-state index in [2.05, 4.69) is 169 Å². The van der Waals surface area contributed by atoms with Gasteiger partial charge in [-0.25, -0.2) is 22.4 Å². The molecule has 80 heavy (non-hydrogen) atoms. The third-order valence-electron chi connectivity index (χ3n) is 15.8. The Labute approximate surface area is 458 Å². The van der Waals surface area contributed by atoms with Crippen molar-refractivity contribution in [1.29, 1.82) is 0 Å². The number of nitrogens with zero attached hydrogens (tertiary/aromatic N) is 7. The van der Waals surface area contributed by atoms with E-state index in [4.69, 9.17) is 9.97 Å². The van der Waals surface area contributed by atoms with E-state index in [9.17, 15) is 8.42 Å².